The van der Waals surface area contributed by atoms with Gasteiger partial charge in [0.05, 0.1) is 54.7 Å². The molecule has 0 aliphatic rings. The van der Waals surface area contributed by atoms with Crippen LogP contribution in [0.2, 0.25) is 0 Å². The summed E-state index contributed by atoms with van der Waals surface area (Å²) in [6, 6.07) is 14.9. The van der Waals surface area contributed by atoms with Crippen LogP contribution in [0, 0.1) is 10.1 Å². The van der Waals surface area contributed by atoms with Crippen LogP contribution < -0.4 is 24.0 Å². The summed E-state index contributed by atoms with van der Waals surface area (Å²) in [6.45, 7) is 0. The SMILES string of the molecule is COc1ccc2nc(N(/N=C/c3cc(OC)c(OC)c(OC)c3)C(=O)c3cc4cc([N+](=O)[O-])ccc4s3)sc2c1. The zero-order valence-electron chi connectivity index (χ0n) is 21.7. The lowest BCUT2D eigenvalue weighted by atomic mass is 10.2. The molecule has 204 valence electrons. The normalized spacial score (nSPS) is 11.2. The van der Waals surface area contributed by atoms with E-state index in [1.54, 1.807) is 43.5 Å². The summed E-state index contributed by atoms with van der Waals surface area (Å²) in [6.07, 6.45) is 1.49. The Balaban J connectivity index is 1.60. The minimum absolute atomic E-state index is 0.0540. The van der Waals surface area contributed by atoms with E-state index in [-0.39, 0.29) is 5.69 Å². The highest BCUT2D eigenvalue weighted by atomic mass is 32.1. The first-order chi connectivity index (χ1) is 19.3. The number of carbonyl (C=O) groups is 1. The second-order valence-electron chi connectivity index (χ2n) is 8.24. The molecule has 1 amide bonds. The van der Waals surface area contributed by atoms with Crippen LogP contribution in [0.1, 0.15) is 15.2 Å². The molecule has 0 fully saturated rings. The van der Waals surface area contributed by atoms with Gasteiger partial charge in [-0.25, -0.2) is 4.98 Å². The number of nitrogens with zero attached hydrogens (tertiary/aromatic N) is 4. The van der Waals surface area contributed by atoms with Crippen molar-refractivity contribution < 1.29 is 28.7 Å². The summed E-state index contributed by atoms with van der Waals surface area (Å²) in [7, 11) is 6.10. The van der Waals surface area contributed by atoms with E-state index in [1.165, 1.54) is 67.4 Å². The topological polar surface area (TPSA) is 126 Å². The number of benzene rings is 3. The second-order valence-corrected chi connectivity index (χ2v) is 10.3. The average Bonchev–Trinajstić information content (AvgIpc) is 3.59. The lowest BCUT2D eigenvalue weighted by Crippen LogP contribution is -2.24. The number of nitro groups is 1. The average molecular weight is 579 g/mol. The zero-order chi connectivity index (χ0) is 28.4. The van der Waals surface area contributed by atoms with Gasteiger partial charge in [0, 0.05) is 27.8 Å². The number of hydrogen-bond acceptors (Lipinski definition) is 11. The van der Waals surface area contributed by atoms with Crippen molar-refractivity contribution in [3.05, 3.63) is 75.2 Å². The molecule has 3 aromatic carbocycles. The summed E-state index contributed by atoms with van der Waals surface area (Å²) < 4.78 is 23.1. The Hall–Kier alpha value is -4.75. The van der Waals surface area contributed by atoms with Gasteiger partial charge in [0.15, 0.2) is 11.5 Å². The Labute approximate surface area is 235 Å². The monoisotopic (exact) mass is 578 g/mol. The molecule has 0 N–H and O–H groups in total. The smallest absolute Gasteiger partial charge is 0.290 e. The van der Waals surface area contributed by atoms with E-state index in [9.17, 15) is 14.9 Å². The maximum atomic E-state index is 13.9. The van der Waals surface area contributed by atoms with Gasteiger partial charge >= 0.3 is 0 Å². The highest BCUT2D eigenvalue weighted by molar-refractivity contribution is 7.23. The molecule has 5 aromatic rings. The second kappa shape index (κ2) is 11.2. The van der Waals surface area contributed by atoms with E-state index >= 15 is 0 Å². The zero-order valence-corrected chi connectivity index (χ0v) is 23.4. The first-order valence-corrected chi connectivity index (χ1v) is 13.3. The number of ether oxygens (including phenoxy) is 4. The Morgan fingerprint density at radius 2 is 1.68 bits per heavy atom. The first kappa shape index (κ1) is 26.8. The van der Waals surface area contributed by atoms with Crippen molar-refractivity contribution >= 4 is 65.9 Å². The molecule has 0 radical (unpaired) electrons. The Morgan fingerprint density at radius 1 is 0.925 bits per heavy atom. The fourth-order valence-electron chi connectivity index (χ4n) is 3.95. The van der Waals surface area contributed by atoms with E-state index in [0.717, 1.165) is 9.40 Å². The maximum absolute atomic E-state index is 13.9. The number of amides is 1. The number of nitro benzene ring substituents is 1. The van der Waals surface area contributed by atoms with Crippen molar-refractivity contribution in [1.82, 2.24) is 4.98 Å². The number of non-ortho nitro benzene ring substituents is 1. The number of hydrogen-bond donors (Lipinski definition) is 0. The van der Waals surface area contributed by atoms with Gasteiger partial charge in [-0.2, -0.15) is 10.1 Å². The number of carbonyl (C=O) groups excluding carboxylic acids is 1. The third kappa shape index (κ3) is 5.11. The summed E-state index contributed by atoms with van der Waals surface area (Å²) >= 11 is 2.49. The predicted molar refractivity (Wildman–Crippen MR) is 155 cm³/mol. The standard InChI is InChI=1S/C27H22N4O7S2/c1-35-18-6-7-19-23(13-18)40-27(29-19)30(28-14-15-9-20(36-2)25(38-4)21(10-15)37-3)26(32)24-12-16-11-17(31(33)34)5-8-22(16)39-24/h5-14H,1-4H3/b28-14+. The Morgan fingerprint density at radius 3 is 2.33 bits per heavy atom. The molecule has 0 bridgehead atoms. The van der Waals surface area contributed by atoms with Crippen molar-refractivity contribution in [1.29, 1.82) is 0 Å². The number of hydrazone groups is 1. The van der Waals surface area contributed by atoms with Crippen LogP contribution in [0.15, 0.2) is 59.7 Å². The molecule has 0 atom stereocenters. The highest BCUT2D eigenvalue weighted by Gasteiger charge is 2.24. The van der Waals surface area contributed by atoms with Gasteiger partial charge in [0.1, 0.15) is 5.75 Å². The summed E-state index contributed by atoms with van der Waals surface area (Å²) in [5.74, 6) is 1.50. The largest absolute Gasteiger partial charge is 0.497 e. The number of anilines is 1. The number of thiazole rings is 1. The van der Waals surface area contributed by atoms with Gasteiger partial charge < -0.3 is 18.9 Å². The molecule has 40 heavy (non-hydrogen) atoms. The molecular formula is C27H22N4O7S2. The molecule has 2 aromatic heterocycles. The van der Waals surface area contributed by atoms with Crippen LogP contribution in [0.3, 0.4) is 0 Å². The molecule has 2 heterocycles. The minimum atomic E-state index is -0.470. The number of thiophene rings is 1. The lowest BCUT2D eigenvalue weighted by Gasteiger charge is -2.14. The van der Waals surface area contributed by atoms with Gasteiger partial charge in [-0.1, -0.05) is 11.3 Å². The number of fused-ring (bicyclic) bond motifs is 2. The van der Waals surface area contributed by atoms with Crippen molar-refractivity contribution in [2.45, 2.75) is 0 Å². The molecule has 13 heteroatoms. The van der Waals surface area contributed by atoms with E-state index < -0.39 is 10.8 Å². The maximum Gasteiger partial charge on any atom is 0.290 e. The Kier molecular flexibility index (Phi) is 7.49. The van der Waals surface area contributed by atoms with Crippen LogP contribution >= 0.6 is 22.7 Å². The molecular weight excluding hydrogens is 556 g/mol. The summed E-state index contributed by atoms with van der Waals surface area (Å²) in [4.78, 5) is 29.6. The molecule has 0 spiro atoms. The van der Waals surface area contributed by atoms with Gasteiger partial charge in [-0.3, -0.25) is 14.9 Å². The predicted octanol–water partition coefficient (Wildman–Crippen LogP) is 6.13. The Bertz CT molecular complexity index is 1750. The molecule has 0 saturated heterocycles. The van der Waals surface area contributed by atoms with Gasteiger partial charge in [-0.05, 0) is 42.5 Å². The van der Waals surface area contributed by atoms with Crippen LogP contribution in [-0.4, -0.2) is 50.5 Å². The molecule has 0 saturated carbocycles. The van der Waals surface area contributed by atoms with Gasteiger partial charge in [0.2, 0.25) is 10.9 Å². The highest BCUT2D eigenvalue weighted by Crippen LogP contribution is 2.38. The number of methoxy groups -OCH3 is 4. The van der Waals surface area contributed by atoms with Crippen LogP contribution in [0.5, 0.6) is 23.0 Å². The van der Waals surface area contributed by atoms with E-state index in [0.29, 0.717) is 49.5 Å². The number of aromatic nitrogens is 1. The third-order valence-electron chi connectivity index (χ3n) is 5.89. The van der Waals surface area contributed by atoms with Gasteiger partial charge in [-0.15, -0.1) is 11.3 Å². The molecule has 0 unspecified atom stereocenters. The number of rotatable bonds is 9. The summed E-state index contributed by atoms with van der Waals surface area (Å²) in [5.41, 5.74) is 1.21. The third-order valence-corrected chi connectivity index (χ3v) is 7.99. The van der Waals surface area contributed by atoms with E-state index in [2.05, 4.69) is 10.1 Å². The van der Waals surface area contributed by atoms with Crippen molar-refractivity contribution in [3.63, 3.8) is 0 Å². The summed E-state index contributed by atoms with van der Waals surface area (Å²) in [5, 5.41) is 17.9. The molecule has 5 rings (SSSR count). The van der Waals surface area contributed by atoms with Crippen LogP contribution in [0.4, 0.5) is 10.8 Å². The first-order valence-electron chi connectivity index (χ1n) is 11.7. The van der Waals surface area contributed by atoms with E-state index in [4.69, 9.17) is 18.9 Å². The fraction of sp³-hybridized carbons (Fsp3) is 0.148. The fourth-order valence-corrected chi connectivity index (χ4v) is 5.87. The molecule has 0 aliphatic heterocycles. The van der Waals surface area contributed by atoms with E-state index in [1.807, 2.05) is 6.07 Å². The van der Waals surface area contributed by atoms with Crippen molar-refractivity contribution in [2.75, 3.05) is 33.4 Å². The minimum Gasteiger partial charge on any atom is -0.497 e. The van der Waals surface area contributed by atoms with Crippen LogP contribution in [0.25, 0.3) is 20.3 Å². The van der Waals surface area contributed by atoms with Crippen molar-refractivity contribution in [3.8, 4) is 23.0 Å². The van der Waals surface area contributed by atoms with Crippen LogP contribution in [-0.2, 0) is 0 Å². The quantitative estimate of drug-likeness (QED) is 0.116. The molecule has 0 aliphatic carbocycles. The van der Waals surface area contributed by atoms with Gasteiger partial charge in [0.25, 0.3) is 11.6 Å². The van der Waals surface area contributed by atoms with Crippen molar-refractivity contribution in [2.24, 2.45) is 5.10 Å². The molecule has 11 nitrogen and oxygen atoms in total. The lowest BCUT2D eigenvalue weighted by molar-refractivity contribution is -0.384.